The molecule has 62 heavy (non-hydrogen) atoms. The van der Waals surface area contributed by atoms with Gasteiger partial charge in [-0.05, 0) is 111 Å². The van der Waals surface area contributed by atoms with E-state index in [2.05, 4.69) is 236 Å². The summed E-state index contributed by atoms with van der Waals surface area (Å²) in [7, 11) is 0. The number of fused-ring (bicyclic) bond motifs is 4. The highest BCUT2D eigenvalue weighted by molar-refractivity contribution is 6.09. The summed E-state index contributed by atoms with van der Waals surface area (Å²) < 4.78 is 9.08. The van der Waals surface area contributed by atoms with E-state index in [0.717, 1.165) is 45.0 Å². The maximum atomic E-state index is 6.78. The van der Waals surface area contributed by atoms with Crippen LogP contribution in [-0.4, -0.2) is 16.2 Å². The fraction of sp³-hybridized carbons (Fsp3) is 0.281. The summed E-state index contributed by atoms with van der Waals surface area (Å²) in [5.74, 6) is 2.88. The van der Waals surface area contributed by atoms with Gasteiger partial charge in [-0.3, -0.25) is 4.57 Å². The molecule has 0 atom stereocenters. The van der Waals surface area contributed by atoms with Crippen molar-refractivity contribution >= 4 is 44.6 Å². The molecule has 1 aliphatic rings. The van der Waals surface area contributed by atoms with Gasteiger partial charge in [-0.15, -0.1) is 0 Å². The molecule has 0 aliphatic carbocycles. The number of pyridine rings is 1. The van der Waals surface area contributed by atoms with E-state index < -0.39 is 0 Å². The summed E-state index contributed by atoms with van der Waals surface area (Å²) in [6, 6.07) is 50.7. The number of ether oxygens (including phenoxy) is 1. The lowest BCUT2D eigenvalue weighted by Crippen LogP contribution is -2.24. The average Bonchev–Trinajstić information content (AvgIpc) is 3.79. The van der Waals surface area contributed by atoms with Crippen LogP contribution in [0, 0.1) is 0 Å². The lowest BCUT2D eigenvalue weighted by Gasteiger charge is -2.27. The maximum absolute atomic E-state index is 6.78. The number of anilines is 4. The Kier molecular flexibility index (Phi) is 10.1. The molecule has 0 saturated carbocycles. The molecule has 6 aromatic carbocycles. The molecule has 1 aliphatic heterocycles. The van der Waals surface area contributed by atoms with E-state index in [1.165, 1.54) is 50.3 Å². The van der Waals surface area contributed by atoms with E-state index in [4.69, 9.17) is 9.72 Å². The number of aromatic nitrogens is 2. The Hall–Kier alpha value is -6.33. The zero-order valence-corrected chi connectivity index (χ0v) is 38.3. The van der Waals surface area contributed by atoms with E-state index in [0.29, 0.717) is 12.6 Å². The van der Waals surface area contributed by atoms with Crippen LogP contribution in [0.5, 0.6) is 11.5 Å². The number of benzene rings is 6. The molecular weight excluding hydrogens is 757 g/mol. The monoisotopic (exact) mass is 816 g/mol. The first-order valence-corrected chi connectivity index (χ1v) is 22.2. The third-order valence-corrected chi connectivity index (χ3v) is 12.5. The van der Waals surface area contributed by atoms with Crippen LogP contribution in [-0.2, 0) is 16.2 Å². The van der Waals surface area contributed by atoms with E-state index in [1.54, 1.807) is 0 Å². The van der Waals surface area contributed by atoms with Gasteiger partial charge >= 0.3 is 0 Å². The fourth-order valence-electron chi connectivity index (χ4n) is 8.89. The van der Waals surface area contributed by atoms with Crippen LogP contribution >= 0.6 is 0 Å². The van der Waals surface area contributed by atoms with Gasteiger partial charge in [0.2, 0.25) is 0 Å². The Morgan fingerprint density at radius 1 is 0.532 bits per heavy atom. The first-order chi connectivity index (χ1) is 29.4. The predicted molar refractivity (Wildman–Crippen MR) is 263 cm³/mol. The van der Waals surface area contributed by atoms with Crippen LogP contribution in [0.25, 0.3) is 38.8 Å². The molecule has 5 nitrogen and oxygen atoms in total. The number of hydrogen-bond donors (Lipinski definition) is 0. The van der Waals surface area contributed by atoms with Crippen LogP contribution in [0.15, 0.2) is 146 Å². The summed E-state index contributed by atoms with van der Waals surface area (Å²) in [4.78, 5) is 10.0. The summed E-state index contributed by atoms with van der Waals surface area (Å²) in [5.41, 5.74) is 14.5. The normalized spacial score (nSPS) is 13.4. The average molecular weight is 817 g/mol. The van der Waals surface area contributed by atoms with E-state index in [9.17, 15) is 0 Å². The van der Waals surface area contributed by atoms with E-state index >= 15 is 0 Å². The second kappa shape index (κ2) is 15.2. The maximum Gasteiger partial charge on any atom is 0.137 e. The number of rotatable bonds is 7. The molecule has 0 saturated heterocycles. The molecule has 2 aromatic heterocycles. The Bertz CT molecular complexity index is 2950. The van der Waals surface area contributed by atoms with Crippen molar-refractivity contribution < 1.29 is 4.74 Å². The van der Waals surface area contributed by atoms with Crippen molar-refractivity contribution in [3.63, 3.8) is 0 Å². The van der Waals surface area contributed by atoms with Crippen molar-refractivity contribution in [2.45, 2.75) is 98.3 Å². The van der Waals surface area contributed by atoms with Gasteiger partial charge in [0.15, 0.2) is 0 Å². The van der Waals surface area contributed by atoms with Crippen molar-refractivity contribution in [3.05, 3.63) is 168 Å². The summed E-state index contributed by atoms with van der Waals surface area (Å²) in [6.45, 7) is 25.8. The Morgan fingerprint density at radius 3 is 1.85 bits per heavy atom. The first kappa shape index (κ1) is 41.0. The zero-order valence-electron chi connectivity index (χ0n) is 38.3. The Labute approximate surface area is 368 Å². The van der Waals surface area contributed by atoms with Gasteiger partial charge in [-0.1, -0.05) is 143 Å². The second-order valence-corrected chi connectivity index (χ2v) is 20.5. The van der Waals surface area contributed by atoms with Gasteiger partial charge in [0.25, 0.3) is 0 Å². The van der Waals surface area contributed by atoms with Crippen LogP contribution in [0.2, 0.25) is 0 Å². The molecule has 0 spiro atoms. The molecule has 0 unspecified atom stereocenters. The number of nitrogens with zero attached hydrogens (tertiary/aromatic N) is 4. The zero-order chi connectivity index (χ0) is 43.7. The van der Waals surface area contributed by atoms with E-state index in [1.807, 2.05) is 0 Å². The third-order valence-electron chi connectivity index (χ3n) is 12.5. The van der Waals surface area contributed by atoms with Gasteiger partial charge in [0, 0.05) is 46.0 Å². The van der Waals surface area contributed by atoms with Crippen LogP contribution < -0.4 is 14.5 Å². The summed E-state index contributed by atoms with van der Waals surface area (Å²) >= 11 is 0. The number of para-hydroxylation sites is 3. The summed E-state index contributed by atoms with van der Waals surface area (Å²) in [6.07, 6.45) is 2.07. The first-order valence-electron chi connectivity index (χ1n) is 22.2. The lowest BCUT2D eigenvalue weighted by molar-refractivity contribution is 0.483. The minimum atomic E-state index is -0.117. The molecule has 0 amide bonds. The standard InChI is InChI=1S/C57H60N4O/c1-37(2)39-29-41(56(6,7)8)31-43(30-39)60-36-59(51-21-14-15-22-52(51)60)42-17-16-18-44(32-42)62-45-27-28-47-46-19-12-13-20-50(46)61(53(47)33-45)54-34-49(57(9,10)11)48(35-58-54)38-23-25-40(26-24-38)55(3,4)5/h12-35,37H,36H2,1-11H3. The van der Waals surface area contributed by atoms with Gasteiger partial charge in [0.05, 0.1) is 22.4 Å². The molecule has 0 N–H and O–H groups in total. The van der Waals surface area contributed by atoms with Gasteiger partial charge in [-0.2, -0.15) is 0 Å². The molecule has 3 heterocycles. The van der Waals surface area contributed by atoms with Crippen LogP contribution in [0.4, 0.5) is 22.7 Å². The molecule has 9 rings (SSSR count). The second-order valence-electron chi connectivity index (χ2n) is 20.5. The quantitative estimate of drug-likeness (QED) is 0.160. The summed E-state index contributed by atoms with van der Waals surface area (Å²) in [5, 5.41) is 2.34. The van der Waals surface area contributed by atoms with Gasteiger partial charge in [-0.25, -0.2) is 4.98 Å². The molecule has 0 bridgehead atoms. The van der Waals surface area contributed by atoms with E-state index in [-0.39, 0.29) is 16.2 Å². The highest BCUT2D eigenvalue weighted by atomic mass is 16.5. The van der Waals surface area contributed by atoms with Crippen molar-refractivity contribution in [1.82, 2.24) is 9.55 Å². The third kappa shape index (κ3) is 7.63. The van der Waals surface area contributed by atoms with Gasteiger partial charge < -0.3 is 14.5 Å². The minimum absolute atomic E-state index is 0.0392. The smallest absolute Gasteiger partial charge is 0.137 e. The van der Waals surface area contributed by atoms with Crippen LogP contribution in [0.3, 0.4) is 0 Å². The molecule has 8 aromatic rings. The Morgan fingerprint density at radius 2 is 1.18 bits per heavy atom. The predicted octanol–water partition coefficient (Wildman–Crippen LogP) is 15.9. The molecule has 0 radical (unpaired) electrons. The number of hydrogen-bond acceptors (Lipinski definition) is 4. The Balaban J connectivity index is 1.07. The van der Waals surface area contributed by atoms with Crippen molar-refractivity contribution in [2.24, 2.45) is 0 Å². The highest BCUT2D eigenvalue weighted by Crippen LogP contribution is 2.46. The molecular formula is C57H60N4O. The molecule has 0 fully saturated rings. The highest BCUT2D eigenvalue weighted by Gasteiger charge is 2.30. The van der Waals surface area contributed by atoms with Crippen molar-refractivity contribution in [1.29, 1.82) is 0 Å². The lowest BCUT2D eigenvalue weighted by atomic mass is 9.81. The van der Waals surface area contributed by atoms with Crippen molar-refractivity contribution in [3.8, 4) is 28.4 Å². The SMILES string of the molecule is CC(C)c1cc(N2CN(c3cccc(Oc4ccc5c6ccccc6n(-c6cc(C(C)(C)C)c(-c7ccc(C(C)(C)C)cc7)cn6)c5c4)c3)c3ccccc32)cc(C(C)(C)C)c1. The van der Waals surface area contributed by atoms with Gasteiger partial charge in [0.1, 0.15) is 24.0 Å². The van der Waals surface area contributed by atoms with Crippen LogP contribution in [0.1, 0.15) is 104 Å². The minimum Gasteiger partial charge on any atom is -0.457 e. The largest absolute Gasteiger partial charge is 0.457 e. The van der Waals surface area contributed by atoms with Crippen molar-refractivity contribution in [2.75, 3.05) is 16.5 Å². The molecule has 314 valence electrons. The topological polar surface area (TPSA) is 33.5 Å². The molecule has 5 heteroatoms. The fourth-order valence-corrected chi connectivity index (χ4v) is 8.89.